The summed E-state index contributed by atoms with van der Waals surface area (Å²) in [5.41, 5.74) is 4.25. The normalized spacial score (nSPS) is 15.9. The summed E-state index contributed by atoms with van der Waals surface area (Å²) in [4.78, 5) is 41.2. The minimum absolute atomic E-state index is 0.0614. The number of aromatic amines is 1. The van der Waals surface area contributed by atoms with Crippen LogP contribution in [0, 0.1) is 11.3 Å². The molecule has 1 heterocycles. The van der Waals surface area contributed by atoms with Gasteiger partial charge < -0.3 is 16.0 Å². The Labute approximate surface area is 170 Å². The van der Waals surface area contributed by atoms with Gasteiger partial charge in [0.2, 0.25) is 5.91 Å². The number of H-pyrrole nitrogens is 1. The lowest BCUT2D eigenvalue weighted by molar-refractivity contribution is -0.121. The van der Waals surface area contributed by atoms with Crippen LogP contribution in [0.5, 0.6) is 0 Å². The summed E-state index contributed by atoms with van der Waals surface area (Å²) < 4.78 is 1.34. The predicted molar refractivity (Wildman–Crippen MR) is 113 cm³/mol. The van der Waals surface area contributed by atoms with Crippen molar-refractivity contribution in [2.45, 2.75) is 77.3 Å². The maximum Gasteiger partial charge on any atom is 0.330 e. The zero-order valence-electron chi connectivity index (χ0n) is 17.4. The third-order valence-corrected chi connectivity index (χ3v) is 5.53. The topological polar surface area (TPSA) is 137 Å². The van der Waals surface area contributed by atoms with Gasteiger partial charge in [0.05, 0.1) is 12.6 Å². The molecule has 1 fully saturated rings. The number of nitrogen functional groups attached to an aromatic ring is 1. The van der Waals surface area contributed by atoms with Crippen molar-refractivity contribution in [3.05, 3.63) is 20.8 Å². The van der Waals surface area contributed by atoms with E-state index in [-0.39, 0.29) is 24.0 Å². The summed E-state index contributed by atoms with van der Waals surface area (Å²) in [6.07, 6.45) is 6.80. The zero-order valence-corrected chi connectivity index (χ0v) is 17.4. The molecule has 0 atom stereocenters. The van der Waals surface area contributed by atoms with Crippen molar-refractivity contribution >= 4 is 17.4 Å². The highest BCUT2D eigenvalue weighted by Gasteiger charge is 2.33. The average molecular weight is 405 g/mol. The number of likely N-dealkylation sites (N-methyl/N-ethyl adjacent to an activating group) is 1. The van der Waals surface area contributed by atoms with Crippen LogP contribution in [0.1, 0.15) is 65.2 Å². The van der Waals surface area contributed by atoms with Crippen molar-refractivity contribution in [2.24, 2.45) is 0 Å². The molecule has 0 spiro atoms. The van der Waals surface area contributed by atoms with Gasteiger partial charge in [0, 0.05) is 13.1 Å². The summed E-state index contributed by atoms with van der Waals surface area (Å²) in [5, 5.41) is 12.6. The quantitative estimate of drug-likeness (QED) is 0.561. The lowest BCUT2D eigenvalue weighted by atomic mass is 9.92. The number of aromatic nitrogens is 2. The monoisotopic (exact) mass is 404 g/mol. The Balaban J connectivity index is 2.25. The van der Waals surface area contributed by atoms with Crippen LogP contribution in [-0.4, -0.2) is 34.1 Å². The first kappa shape index (κ1) is 22.5. The smallest absolute Gasteiger partial charge is 0.330 e. The number of carbonyl (C=O) groups excluding carboxylic acids is 1. The summed E-state index contributed by atoms with van der Waals surface area (Å²) in [7, 11) is 0. The van der Waals surface area contributed by atoms with Crippen molar-refractivity contribution in [1.82, 2.24) is 14.9 Å². The number of nitrogens with zero attached hydrogens (tertiary/aromatic N) is 3. The van der Waals surface area contributed by atoms with Gasteiger partial charge in [-0.2, -0.15) is 5.26 Å². The molecule has 29 heavy (non-hydrogen) atoms. The molecule has 1 saturated carbocycles. The van der Waals surface area contributed by atoms with Gasteiger partial charge >= 0.3 is 5.69 Å². The van der Waals surface area contributed by atoms with Gasteiger partial charge in [-0.1, -0.05) is 39.0 Å². The maximum atomic E-state index is 12.8. The molecular weight excluding hydrogens is 372 g/mol. The highest BCUT2D eigenvalue weighted by Crippen LogP contribution is 2.26. The van der Waals surface area contributed by atoms with Crippen molar-refractivity contribution in [1.29, 1.82) is 5.26 Å². The Morgan fingerprint density at radius 2 is 1.93 bits per heavy atom. The predicted octanol–water partition coefficient (Wildman–Crippen LogP) is 1.48. The van der Waals surface area contributed by atoms with E-state index in [1.165, 1.54) is 4.57 Å². The van der Waals surface area contributed by atoms with Gasteiger partial charge in [0.25, 0.3) is 5.56 Å². The number of carbonyl (C=O) groups is 1. The molecule has 1 aromatic rings. The number of nitrogens with two attached hydrogens (primary N) is 1. The van der Waals surface area contributed by atoms with E-state index in [0.29, 0.717) is 25.9 Å². The third kappa shape index (κ3) is 5.40. The van der Waals surface area contributed by atoms with E-state index in [9.17, 15) is 19.6 Å². The summed E-state index contributed by atoms with van der Waals surface area (Å²) in [5.74, 6) is -0.272. The summed E-state index contributed by atoms with van der Waals surface area (Å²) >= 11 is 0. The number of nitriles is 1. The van der Waals surface area contributed by atoms with Crippen LogP contribution in [0.3, 0.4) is 0 Å². The van der Waals surface area contributed by atoms with Crippen LogP contribution in [0.25, 0.3) is 0 Å². The van der Waals surface area contributed by atoms with E-state index in [1.807, 2.05) is 6.92 Å². The highest BCUT2D eigenvalue weighted by molar-refractivity contribution is 5.83. The van der Waals surface area contributed by atoms with Crippen molar-refractivity contribution < 1.29 is 4.79 Å². The van der Waals surface area contributed by atoms with Crippen molar-refractivity contribution in [3.8, 4) is 6.07 Å². The minimum atomic E-state index is -0.856. The van der Waals surface area contributed by atoms with E-state index < -0.39 is 16.8 Å². The van der Waals surface area contributed by atoms with Gasteiger partial charge in [-0.3, -0.25) is 19.1 Å². The summed E-state index contributed by atoms with van der Waals surface area (Å²) in [6.45, 7) is 4.44. The molecule has 0 aromatic carbocycles. The van der Waals surface area contributed by atoms with Crippen molar-refractivity contribution in [2.75, 3.05) is 23.7 Å². The molecule has 2 rings (SSSR count). The number of rotatable bonds is 8. The van der Waals surface area contributed by atoms with Gasteiger partial charge in [0.1, 0.15) is 17.0 Å². The van der Waals surface area contributed by atoms with Crippen LogP contribution in [0.2, 0.25) is 0 Å². The number of hydrogen-bond acceptors (Lipinski definition) is 6. The Kier molecular flexibility index (Phi) is 7.88. The minimum Gasteiger partial charge on any atom is -0.383 e. The molecule has 4 N–H and O–H groups in total. The Morgan fingerprint density at radius 3 is 2.48 bits per heavy atom. The van der Waals surface area contributed by atoms with Gasteiger partial charge in [-0.25, -0.2) is 4.79 Å². The van der Waals surface area contributed by atoms with E-state index in [4.69, 9.17) is 5.73 Å². The molecule has 0 bridgehead atoms. The Morgan fingerprint density at radius 1 is 1.28 bits per heavy atom. The molecule has 1 aliphatic rings. The second-order valence-electron chi connectivity index (χ2n) is 7.67. The molecule has 1 amide bonds. The van der Waals surface area contributed by atoms with Crippen LogP contribution < -0.4 is 27.2 Å². The lowest BCUT2D eigenvalue weighted by Crippen LogP contribution is -2.51. The Bertz CT molecular complexity index is 858. The average Bonchev–Trinajstić information content (AvgIpc) is 2.92. The lowest BCUT2D eigenvalue weighted by Gasteiger charge is -2.29. The fraction of sp³-hybridized carbons (Fsp3) is 0.700. The van der Waals surface area contributed by atoms with E-state index in [0.717, 1.165) is 38.5 Å². The largest absolute Gasteiger partial charge is 0.383 e. The second kappa shape index (κ2) is 10.1. The first-order chi connectivity index (χ1) is 13.9. The second-order valence-corrected chi connectivity index (χ2v) is 7.67. The molecule has 0 saturated heterocycles. The molecule has 0 unspecified atom stereocenters. The fourth-order valence-electron chi connectivity index (χ4n) is 3.85. The number of amides is 1. The maximum absolute atomic E-state index is 12.8. The van der Waals surface area contributed by atoms with E-state index in [1.54, 1.807) is 11.8 Å². The SMILES string of the molecule is CCCCn1c(N)c(N(CC)CC(=O)NC2(C#N)CCCCCC2)c(=O)[nH]c1=O. The highest BCUT2D eigenvalue weighted by atomic mass is 16.2. The molecule has 1 aromatic heterocycles. The van der Waals surface area contributed by atoms with Crippen LogP contribution >= 0.6 is 0 Å². The molecule has 9 heteroatoms. The molecule has 0 aliphatic heterocycles. The molecule has 160 valence electrons. The fourth-order valence-corrected chi connectivity index (χ4v) is 3.85. The van der Waals surface area contributed by atoms with E-state index >= 15 is 0 Å². The van der Waals surface area contributed by atoms with Gasteiger partial charge in [-0.15, -0.1) is 0 Å². The third-order valence-electron chi connectivity index (χ3n) is 5.53. The summed E-state index contributed by atoms with van der Waals surface area (Å²) in [6, 6.07) is 2.29. The number of hydrogen-bond donors (Lipinski definition) is 3. The van der Waals surface area contributed by atoms with Gasteiger partial charge in [-0.05, 0) is 26.2 Å². The molecular formula is C20H32N6O3. The number of unbranched alkanes of at least 4 members (excludes halogenated alkanes) is 1. The molecule has 0 radical (unpaired) electrons. The Hall–Kier alpha value is -2.76. The van der Waals surface area contributed by atoms with Crippen LogP contribution in [0.4, 0.5) is 11.5 Å². The van der Waals surface area contributed by atoms with Crippen LogP contribution in [-0.2, 0) is 11.3 Å². The standard InChI is InChI=1S/C20H32N6O3/c1-3-5-12-26-17(22)16(18(28)23-19(26)29)25(4-2)13-15(27)24-20(14-21)10-8-6-7-9-11-20/h3-13,22H2,1-2H3,(H,24,27)(H,23,28,29). The first-order valence-corrected chi connectivity index (χ1v) is 10.5. The van der Waals surface area contributed by atoms with Crippen LogP contribution in [0.15, 0.2) is 9.59 Å². The number of anilines is 2. The number of nitrogens with one attached hydrogen (secondary N) is 2. The van der Waals surface area contributed by atoms with Crippen molar-refractivity contribution in [3.63, 3.8) is 0 Å². The first-order valence-electron chi connectivity index (χ1n) is 10.5. The molecule has 1 aliphatic carbocycles. The van der Waals surface area contributed by atoms with E-state index in [2.05, 4.69) is 16.4 Å². The van der Waals surface area contributed by atoms with Gasteiger partial charge in [0.15, 0.2) is 0 Å². The molecule has 9 nitrogen and oxygen atoms in total. The zero-order chi connectivity index (χ0) is 21.4.